The van der Waals surface area contributed by atoms with Gasteiger partial charge in [-0.1, -0.05) is 17.7 Å². The molecule has 4 heteroatoms. The molecule has 0 aromatic heterocycles. The van der Waals surface area contributed by atoms with Gasteiger partial charge in [0, 0.05) is 12.5 Å². The molecule has 17 heavy (non-hydrogen) atoms. The van der Waals surface area contributed by atoms with Crippen molar-refractivity contribution in [1.82, 2.24) is 0 Å². The molecule has 0 radical (unpaired) electrons. The third kappa shape index (κ3) is 4.53. The van der Waals surface area contributed by atoms with Crippen LogP contribution in [0.15, 0.2) is 18.2 Å². The summed E-state index contributed by atoms with van der Waals surface area (Å²) in [5, 5.41) is 0. The number of hydrogen-bond donors (Lipinski definition) is 1. The lowest BCUT2D eigenvalue weighted by Gasteiger charge is -2.12. The first-order chi connectivity index (χ1) is 8.02. The molecule has 2 N–H and O–H groups in total. The Hall–Kier alpha value is -1.42. The quantitative estimate of drug-likeness (QED) is 0.799. The van der Waals surface area contributed by atoms with E-state index in [0.717, 1.165) is 5.56 Å². The van der Waals surface area contributed by atoms with Crippen LogP contribution < -0.4 is 5.73 Å². The molecule has 0 aliphatic heterocycles. The van der Waals surface area contributed by atoms with E-state index in [-0.39, 0.29) is 24.2 Å². The number of esters is 1. The maximum atomic E-state index is 13.4. The van der Waals surface area contributed by atoms with Gasteiger partial charge in [-0.05, 0) is 31.4 Å². The Morgan fingerprint density at radius 3 is 2.88 bits per heavy atom. The van der Waals surface area contributed by atoms with Gasteiger partial charge in [0.05, 0.1) is 7.11 Å². The third-order valence-corrected chi connectivity index (χ3v) is 2.63. The second kappa shape index (κ2) is 6.35. The Balaban J connectivity index is 2.52. The molecule has 0 aliphatic rings. The number of rotatable bonds is 5. The predicted molar refractivity (Wildman–Crippen MR) is 64.1 cm³/mol. The second-order valence-electron chi connectivity index (χ2n) is 4.17. The van der Waals surface area contributed by atoms with Crippen molar-refractivity contribution in [2.45, 2.75) is 32.2 Å². The van der Waals surface area contributed by atoms with Crippen molar-refractivity contribution in [2.75, 3.05) is 7.11 Å². The van der Waals surface area contributed by atoms with Crippen LogP contribution in [0.1, 0.15) is 24.0 Å². The van der Waals surface area contributed by atoms with Gasteiger partial charge in [-0.3, -0.25) is 4.79 Å². The molecule has 1 rings (SSSR count). The van der Waals surface area contributed by atoms with Crippen molar-refractivity contribution in [3.8, 4) is 0 Å². The van der Waals surface area contributed by atoms with Crippen molar-refractivity contribution < 1.29 is 13.9 Å². The minimum absolute atomic E-state index is 0.231. The number of carbonyl (C=O) groups excluding carboxylic acids is 1. The zero-order valence-electron chi connectivity index (χ0n) is 10.2. The first-order valence-electron chi connectivity index (χ1n) is 5.60. The molecule has 0 amide bonds. The number of carbonyl (C=O) groups is 1. The molecule has 3 nitrogen and oxygen atoms in total. The van der Waals surface area contributed by atoms with E-state index in [2.05, 4.69) is 4.74 Å². The second-order valence-corrected chi connectivity index (χ2v) is 4.17. The van der Waals surface area contributed by atoms with Crippen molar-refractivity contribution in [3.63, 3.8) is 0 Å². The number of nitrogens with two attached hydrogens (primary N) is 1. The van der Waals surface area contributed by atoms with Crippen LogP contribution in [0.2, 0.25) is 0 Å². The van der Waals surface area contributed by atoms with Gasteiger partial charge in [0.25, 0.3) is 0 Å². The topological polar surface area (TPSA) is 52.3 Å². The predicted octanol–water partition coefficient (Wildman–Crippen LogP) is 1.96. The molecule has 1 atom stereocenters. The normalized spacial score (nSPS) is 12.2. The van der Waals surface area contributed by atoms with E-state index < -0.39 is 0 Å². The van der Waals surface area contributed by atoms with E-state index in [1.807, 2.05) is 6.92 Å². The van der Waals surface area contributed by atoms with E-state index in [4.69, 9.17) is 5.73 Å². The Morgan fingerprint density at radius 2 is 2.24 bits per heavy atom. The molecule has 1 unspecified atom stereocenters. The molecule has 0 heterocycles. The molecule has 0 saturated carbocycles. The zero-order chi connectivity index (χ0) is 12.8. The Bertz CT molecular complexity index is 393. The number of benzene rings is 1. The standard InChI is InChI=1S/C13H18FNO2/c1-9-3-5-12(14)10(7-9)8-11(15)4-6-13(16)17-2/h3,5,7,11H,4,6,8,15H2,1-2H3. The largest absolute Gasteiger partial charge is 0.469 e. The lowest BCUT2D eigenvalue weighted by molar-refractivity contribution is -0.140. The Kier molecular flexibility index (Phi) is 5.10. The highest BCUT2D eigenvalue weighted by Gasteiger charge is 2.10. The molecule has 0 bridgehead atoms. The summed E-state index contributed by atoms with van der Waals surface area (Å²) in [4.78, 5) is 10.9. The first-order valence-corrected chi connectivity index (χ1v) is 5.60. The highest BCUT2D eigenvalue weighted by Crippen LogP contribution is 2.13. The molecule has 0 spiro atoms. The maximum absolute atomic E-state index is 13.4. The molecule has 94 valence electrons. The number of halogens is 1. The van der Waals surface area contributed by atoms with Crippen molar-refractivity contribution in [2.24, 2.45) is 5.73 Å². The monoisotopic (exact) mass is 239 g/mol. The zero-order valence-corrected chi connectivity index (χ0v) is 10.2. The summed E-state index contributed by atoms with van der Waals surface area (Å²) in [5.41, 5.74) is 7.45. The van der Waals surface area contributed by atoms with Crippen LogP contribution in [0.4, 0.5) is 4.39 Å². The number of methoxy groups -OCH3 is 1. The highest BCUT2D eigenvalue weighted by atomic mass is 19.1. The maximum Gasteiger partial charge on any atom is 0.305 e. The van der Waals surface area contributed by atoms with Crippen LogP contribution >= 0.6 is 0 Å². The van der Waals surface area contributed by atoms with Crippen LogP contribution in [0.5, 0.6) is 0 Å². The van der Waals surface area contributed by atoms with Gasteiger partial charge < -0.3 is 10.5 Å². The summed E-state index contributed by atoms with van der Waals surface area (Å²) in [6.45, 7) is 1.91. The summed E-state index contributed by atoms with van der Waals surface area (Å²) in [6, 6.07) is 4.72. The van der Waals surface area contributed by atoms with Gasteiger partial charge in [-0.25, -0.2) is 4.39 Å². The minimum Gasteiger partial charge on any atom is -0.469 e. The fraction of sp³-hybridized carbons (Fsp3) is 0.462. The van der Waals surface area contributed by atoms with Crippen molar-refractivity contribution in [3.05, 3.63) is 35.1 Å². The van der Waals surface area contributed by atoms with Crippen LogP contribution in [0, 0.1) is 12.7 Å². The first kappa shape index (κ1) is 13.6. The van der Waals surface area contributed by atoms with Crippen LogP contribution in [0.25, 0.3) is 0 Å². The summed E-state index contributed by atoms with van der Waals surface area (Å²) >= 11 is 0. The molecule has 0 fully saturated rings. The fourth-order valence-corrected chi connectivity index (χ4v) is 1.65. The van der Waals surface area contributed by atoms with E-state index >= 15 is 0 Å². The molecular formula is C13H18FNO2. The van der Waals surface area contributed by atoms with E-state index in [1.54, 1.807) is 12.1 Å². The molecule has 0 aliphatic carbocycles. The van der Waals surface area contributed by atoms with Gasteiger partial charge in [-0.2, -0.15) is 0 Å². The highest BCUT2D eigenvalue weighted by molar-refractivity contribution is 5.69. The summed E-state index contributed by atoms with van der Waals surface area (Å²) in [5.74, 6) is -0.533. The molecule has 1 aromatic carbocycles. The summed E-state index contributed by atoms with van der Waals surface area (Å²) in [7, 11) is 1.34. The van der Waals surface area contributed by atoms with Crippen LogP contribution in [-0.4, -0.2) is 19.1 Å². The van der Waals surface area contributed by atoms with Crippen molar-refractivity contribution in [1.29, 1.82) is 0 Å². The minimum atomic E-state index is -0.287. The average molecular weight is 239 g/mol. The number of hydrogen-bond acceptors (Lipinski definition) is 3. The van der Waals surface area contributed by atoms with E-state index in [0.29, 0.717) is 18.4 Å². The summed E-state index contributed by atoms with van der Waals surface area (Å²) < 4.78 is 18.0. The lowest BCUT2D eigenvalue weighted by Crippen LogP contribution is -2.24. The molecule has 1 aromatic rings. The van der Waals surface area contributed by atoms with E-state index in [9.17, 15) is 9.18 Å². The van der Waals surface area contributed by atoms with E-state index in [1.165, 1.54) is 13.2 Å². The number of ether oxygens (including phenoxy) is 1. The van der Waals surface area contributed by atoms with Gasteiger partial charge in [-0.15, -0.1) is 0 Å². The fourth-order valence-electron chi connectivity index (χ4n) is 1.65. The third-order valence-electron chi connectivity index (χ3n) is 2.63. The summed E-state index contributed by atoms with van der Waals surface area (Å²) in [6.07, 6.45) is 1.20. The lowest BCUT2D eigenvalue weighted by atomic mass is 10.0. The van der Waals surface area contributed by atoms with Gasteiger partial charge >= 0.3 is 5.97 Å². The van der Waals surface area contributed by atoms with Gasteiger partial charge in [0.1, 0.15) is 5.82 Å². The molecule has 0 saturated heterocycles. The molecular weight excluding hydrogens is 221 g/mol. The van der Waals surface area contributed by atoms with Crippen LogP contribution in [0.3, 0.4) is 0 Å². The van der Waals surface area contributed by atoms with Crippen LogP contribution in [-0.2, 0) is 16.0 Å². The SMILES string of the molecule is COC(=O)CCC(N)Cc1cc(C)ccc1F. The Morgan fingerprint density at radius 1 is 1.53 bits per heavy atom. The number of aryl methyl sites for hydroxylation is 1. The van der Waals surface area contributed by atoms with Crippen molar-refractivity contribution >= 4 is 5.97 Å². The van der Waals surface area contributed by atoms with Gasteiger partial charge in [0.15, 0.2) is 0 Å². The smallest absolute Gasteiger partial charge is 0.305 e. The average Bonchev–Trinajstić information content (AvgIpc) is 2.30. The Labute approximate surface area is 101 Å². The van der Waals surface area contributed by atoms with Gasteiger partial charge in [0.2, 0.25) is 0 Å².